The Hall–Kier alpha value is -4.38. The number of likely N-dealkylation sites (N-methyl/N-ethyl adjacent to an activating group) is 1. The molecule has 2 aliphatic carbocycles. The second kappa shape index (κ2) is 19.6. The van der Waals surface area contributed by atoms with E-state index in [0.29, 0.717) is 66.9 Å². The van der Waals surface area contributed by atoms with Crippen LogP contribution in [-0.2, 0) is 24.3 Å². The van der Waals surface area contributed by atoms with Crippen molar-refractivity contribution >= 4 is 32.7 Å². The summed E-state index contributed by atoms with van der Waals surface area (Å²) in [5, 5.41) is 28.0. The van der Waals surface area contributed by atoms with Gasteiger partial charge >= 0.3 is 6.09 Å². The lowest BCUT2D eigenvalue weighted by Gasteiger charge is -2.59. The van der Waals surface area contributed by atoms with Crippen LogP contribution >= 0.6 is 0 Å². The number of pyridine rings is 1. The number of allylic oxidation sites excluding steroid dienone is 1. The number of benzene rings is 2. The number of amides is 1. The predicted molar refractivity (Wildman–Crippen MR) is 226 cm³/mol. The third-order valence-electron chi connectivity index (χ3n) is 12.3. The van der Waals surface area contributed by atoms with Crippen molar-refractivity contribution in [1.82, 2.24) is 14.6 Å². The van der Waals surface area contributed by atoms with E-state index in [4.69, 9.17) is 28.9 Å². The molecule has 3 heterocycles. The maximum absolute atomic E-state index is 15.1. The zero-order valence-electron chi connectivity index (χ0n) is 34.5. The van der Waals surface area contributed by atoms with Crippen LogP contribution in [-0.4, -0.2) is 97.9 Å². The number of aliphatic hydroxyl groups excluding tert-OH is 2. The summed E-state index contributed by atoms with van der Waals surface area (Å²) in [6.07, 6.45) is 11.1. The van der Waals surface area contributed by atoms with Crippen LogP contribution in [0.25, 0.3) is 10.9 Å². The van der Waals surface area contributed by atoms with Crippen molar-refractivity contribution in [3.63, 3.8) is 0 Å². The average molecular weight is 847 g/mol. The molecule has 1 amide bonds. The SMILES string of the molecule is C=CCOC12Oc3ccc(OC(=O)NCC)cc3C3C(CCCCO)C(CCCCO)C=C(C(=NOC4CCCCO4)CC1N(C)S(=O)(=O)c1cccc4cccnc14)C32. The van der Waals surface area contributed by atoms with Crippen molar-refractivity contribution in [3.05, 3.63) is 84.6 Å². The molecule has 2 aromatic carbocycles. The Kier molecular flexibility index (Phi) is 14.2. The van der Waals surface area contributed by atoms with Crippen LogP contribution in [0.4, 0.5) is 4.79 Å². The molecule has 1 saturated heterocycles. The molecule has 1 aromatic heterocycles. The van der Waals surface area contributed by atoms with E-state index >= 15 is 8.42 Å². The van der Waals surface area contributed by atoms with Crippen molar-refractivity contribution in [3.8, 4) is 11.5 Å². The third-order valence-corrected chi connectivity index (χ3v) is 14.2. The Morgan fingerprint density at radius 3 is 2.65 bits per heavy atom. The number of sulfonamides is 1. The number of ether oxygens (including phenoxy) is 4. The Bertz CT molecular complexity index is 2150. The Labute approximate surface area is 352 Å². The van der Waals surface area contributed by atoms with Gasteiger partial charge in [0.2, 0.25) is 22.1 Å². The highest BCUT2D eigenvalue weighted by atomic mass is 32.2. The molecule has 15 heteroatoms. The number of para-hydroxylation sites is 1. The maximum Gasteiger partial charge on any atom is 0.412 e. The number of aliphatic hydroxyl groups is 2. The van der Waals surface area contributed by atoms with Gasteiger partial charge in [0.25, 0.3) is 0 Å². The van der Waals surface area contributed by atoms with E-state index in [0.717, 1.165) is 43.2 Å². The summed E-state index contributed by atoms with van der Waals surface area (Å²) in [5.41, 5.74) is 2.51. The molecule has 3 N–H and O–H groups in total. The first-order valence-electron chi connectivity index (χ1n) is 21.3. The standard InChI is InChI=1S/C45H58N4O10S/c1-4-25-56-45-39(49(3)60(53,54)38-18-12-15-30-16-13-22-47-43(30)38)29-36(48-59-40-19-8-11-26-55-40)34-27-31(14-6-9-23-50)33(17-7-10-24-51)41(42(34)45)35-28-32(20-21-37(35)58-45)57-44(52)46-5-2/h4,12-13,15-16,18,20-22,27-28,31,33,39-42,50-51H,1,5-11,14,17,19,23-26,29H2,2-3H3,(H,46,52). The van der Waals surface area contributed by atoms with Gasteiger partial charge in [-0.25, -0.2) is 13.2 Å². The largest absolute Gasteiger partial charge is 0.460 e. The number of carbonyl (C=O) groups excluding carboxylic acids is 1. The van der Waals surface area contributed by atoms with Crippen LogP contribution in [0.5, 0.6) is 11.5 Å². The smallest absolute Gasteiger partial charge is 0.412 e. The normalized spacial score (nSPS) is 26.8. The molecule has 14 nitrogen and oxygen atoms in total. The van der Waals surface area contributed by atoms with Gasteiger partial charge in [-0.2, -0.15) is 4.31 Å². The van der Waals surface area contributed by atoms with Gasteiger partial charge in [-0.1, -0.05) is 48.3 Å². The molecule has 1 saturated carbocycles. The lowest BCUT2D eigenvalue weighted by atomic mass is 9.55. The number of hydrogen-bond donors (Lipinski definition) is 3. The monoisotopic (exact) mass is 846 g/mol. The second-order valence-electron chi connectivity index (χ2n) is 15.9. The van der Waals surface area contributed by atoms with E-state index in [-0.39, 0.29) is 48.9 Å². The number of hydrogen-bond acceptors (Lipinski definition) is 12. The Morgan fingerprint density at radius 1 is 1.10 bits per heavy atom. The molecule has 60 heavy (non-hydrogen) atoms. The van der Waals surface area contributed by atoms with Crippen molar-refractivity contribution in [2.75, 3.05) is 40.0 Å². The summed E-state index contributed by atoms with van der Waals surface area (Å²) < 4.78 is 57.4. The highest BCUT2D eigenvalue weighted by Gasteiger charge is 2.66. The Balaban J connectivity index is 1.46. The fourth-order valence-electron chi connectivity index (χ4n) is 9.58. The zero-order chi connectivity index (χ0) is 42.3. The molecule has 2 fully saturated rings. The van der Waals surface area contributed by atoms with Gasteiger partial charge in [0.15, 0.2) is 0 Å². The molecule has 0 bridgehead atoms. The fraction of sp³-hybridized carbons (Fsp3) is 0.533. The molecule has 0 spiro atoms. The van der Waals surface area contributed by atoms with E-state index in [1.807, 2.05) is 25.1 Å². The van der Waals surface area contributed by atoms with Crippen LogP contribution in [0.3, 0.4) is 0 Å². The number of rotatable bonds is 18. The summed E-state index contributed by atoms with van der Waals surface area (Å²) in [7, 11) is -2.74. The van der Waals surface area contributed by atoms with E-state index in [9.17, 15) is 15.0 Å². The van der Waals surface area contributed by atoms with Gasteiger partial charge in [-0.3, -0.25) is 4.98 Å². The summed E-state index contributed by atoms with van der Waals surface area (Å²) in [4.78, 5) is 23.5. The average Bonchev–Trinajstić information content (AvgIpc) is 3.26. The molecule has 3 aromatic rings. The minimum atomic E-state index is -4.29. The van der Waals surface area contributed by atoms with E-state index < -0.39 is 40.2 Å². The first-order chi connectivity index (χ1) is 29.2. The molecule has 7 rings (SSSR count). The van der Waals surface area contributed by atoms with E-state index in [1.54, 1.807) is 49.7 Å². The van der Waals surface area contributed by atoms with Crippen LogP contribution in [0, 0.1) is 17.8 Å². The van der Waals surface area contributed by atoms with Crippen LogP contribution in [0.15, 0.2) is 89.1 Å². The molecular formula is C45H58N4O10S. The van der Waals surface area contributed by atoms with Gasteiger partial charge in [0.05, 0.1) is 36.4 Å². The molecule has 324 valence electrons. The third kappa shape index (κ3) is 8.84. The molecular weight excluding hydrogens is 789 g/mol. The number of oxime groups is 1. The number of fused-ring (bicyclic) bond motifs is 3. The number of nitrogens with one attached hydrogen (secondary N) is 1. The van der Waals surface area contributed by atoms with Crippen molar-refractivity contribution in [2.24, 2.45) is 22.9 Å². The summed E-state index contributed by atoms with van der Waals surface area (Å²) in [6.45, 7) is 6.87. The summed E-state index contributed by atoms with van der Waals surface area (Å²) in [5.74, 6) is -1.92. The topological polar surface area (TPSA) is 178 Å². The van der Waals surface area contributed by atoms with Gasteiger partial charge in [0, 0.05) is 62.7 Å². The lowest BCUT2D eigenvalue weighted by molar-refractivity contribution is -0.250. The van der Waals surface area contributed by atoms with Gasteiger partial charge in [-0.05, 0) is 93.2 Å². The number of aromatic nitrogens is 1. The number of carbonyl (C=O) groups is 1. The fourth-order valence-corrected chi connectivity index (χ4v) is 11.1. The highest BCUT2D eigenvalue weighted by molar-refractivity contribution is 7.89. The zero-order valence-corrected chi connectivity index (χ0v) is 35.4. The van der Waals surface area contributed by atoms with Gasteiger partial charge in [-0.15, -0.1) is 6.58 Å². The summed E-state index contributed by atoms with van der Waals surface area (Å²) in [6, 6.07) is 13.0. The second-order valence-corrected chi connectivity index (χ2v) is 17.9. The van der Waals surface area contributed by atoms with Crippen LogP contribution in [0.1, 0.15) is 82.6 Å². The minimum Gasteiger partial charge on any atom is -0.460 e. The predicted octanol–water partition coefficient (Wildman–Crippen LogP) is 6.82. The van der Waals surface area contributed by atoms with Gasteiger partial charge < -0.3 is 39.3 Å². The first kappa shape index (κ1) is 43.7. The van der Waals surface area contributed by atoms with Crippen LogP contribution in [0.2, 0.25) is 0 Å². The van der Waals surface area contributed by atoms with Crippen molar-refractivity contribution < 1.29 is 47.2 Å². The molecule has 2 aliphatic heterocycles. The molecule has 0 radical (unpaired) electrons. The van der Waals surface area contributed by atoms with Crippen molar-refractivity contribution in [2.45, 2.75) is 100 Å². The maximum atomic E-state index is 15.1. The molecule has 4 aliphatic rings. The number of unbranched alkanes of at least 4 members (excludes halogenated alkanes) is 2. The minimum absolute atomic E-state index is 0.0154. The number of nitrogens with zero attached hydrogens (tertiary/aromatic N) is 3. The summed E-state index contributed by atoms with van der Waals surface area (Å²) >= 11 is 0. The molecule has 7 atom stereocenters. The van der Waals surface area contributed by atoms with E-state index in [1.165, 1.54) is 4.31 Å². The Morgan fingerprint density at radius 2 is 1.90 bits per heavy atom. The molecule has 7 unspecified atom stereocenters. The van der Waals surface area contributed by atoms with Crippen LogP contribution < -0.4 is 14.8 Å². The quantitative estimate of drug-likeness (QED) is 0.0695. The highest BCUT2D eigenvalue weighted by Crippen LogP contribution is 2.62. The van der Waals surface area contributed by atoms with E-state index in [2.05, 4.69) is 23.0 Å². The van der Waals surface area contributed by atoms with Gasteiger partial charge in [0.1, 0.15) is 16.4 Å². The lowest BCUT2D eigenvalue weighted by Crippen LogP contribution is -2.69. The van der Waals surface area contributed by atoms with Crippen molar-refractivity contribution in [1.29, 1.82) is 0 Å². The first-order valence-corrected chi connectivity index (χ1v) is 22.7.